The van der Waals surface area contributed by atoms with Gasteiger partial charge >= 0.3 is 5.97 Å². The van der Waals surface area contributed by atoms with E-state index in [1.54, 1.807) is 31.2 Å². The summed E-state index contributed by atoms with van der Waals surface area (Å²) < 4.78 is 28.8. The number of carboxylic acids is 1. The fraction of sp³-hybridized carbons (Fsp3) is 0.312. The normalized spacial score (nSPS) is 11.8. The molecule has 0 aliphatic heterocycles. The fourth-order valence-corrected chi connectivity index (χ4v) is 2.45. The van der Waals surface area contributed by atoms with Gasteiger partial charge in [-0.25, -0.2) is 8.78 Å². The molecule has 2 aromatic carbocycles. The van der Waals surface area contributed by atoms with Crippen LogP contribution in [0.3, 0.4) is 0 Å². The number of hydrogen-bond acceptors (Lipinski definition) is 1. The highest BCUT2D eigenvalue weighted by Gasteiger charge is 2.34. The molecule has 0 aliphatic rings. The number of rotatable bonds is 5. The molecule has 0 spiro atoms. The lowest BCUT2D eigenvalue weighted by Crippen LogP contribution is -2.16. The second-order valence-electron chi connectivity index (χ2n) is 4.93. The molecule has 0 radical (unpaired) electrons. The van der Waals surface area contributed by atoms with Crippen molar-refractivity contribution in [3.63, 3.8) is 0 Å². The van der Waals surface area contributed by atoms with Gasteiger partial charge in [0.1, 0.15) is 0 Å². The molecule has 0 fully saturated rings. The first-order valence-corrected chi connectivity index (χ1v) is 6.50. The Balaban J connectivity index is 2.39. The Morgan fingerprint density at radius 1 is 1.20 bits per heavy atom. The number of fused-ring (bicyclic) bond motifs is 1. The van der Waals surface area contributed by atoms with Crippen LogP contribution in [0.25, 0.3) is 10.8 Å². The molecule has 0 aliphatic carbocycles. The van der Waals surface area contributed by atoms with E-state index >= 15 is 0 Å². The summed E-state index contributed by atoms with van der Waals surface area (Å²) in [5.74, 6) is -4.06. The number of hydrogen-bond donors (Lipinski definition) is 1. The van der Waals surface area contributed by atoms with Crippen LogP contribution < -0.4 is 0 Å². The maximum atomic E-state index is 14.4. The summed E-state index contributed by atoms with van der Waals surface area (Å²) in [5.41, 5.74) is 0.546. The Kier molecular flexibility index (Phi) is 4.02. The van der Waals surface area contributed by atoms with Crippen molar-refractivity contribution < 1.29 is 18.7 Å². The van der Waals surface area contributed by atoms with Crippen LogP contribution in [-0.4, -0.2) is 11.1 Å². The molecule has 2 rings (SSSR count). The van der Waals surface area contributed by atoms with Crippen LogP contribution in [-0.2, 0) is 10.7 Å². The van der Waals surface area contributed by atoms with E-state index < -0.39 is 18.3 Å². The Labute approximate surface area is 116 Å². The van der Waals surface area contributed by atoms with Crippen molar-refractivity contribution >= 4 is 16.7 Å². The average molecular weight is 278 g/mol. The first kappa shape index (κ1) is 14.4. The van der Waals surface area contributed by atoms with Crippen LogP contribution in [0.2, 0.25) is 0 Å². The van der Waals surface area contributed by atoms with Gasteiger partial charge in [-0.05, 0) is 29.7 Å². The second kappa shape index (κ2) is 5.57. The van der Waals surface area contributed by atoms with Crippen molar-refractivity contribution in [2.75, 3.05) is 0 Å². The zero-order valence-electron chi connectivity index (χ0n) is 11.2. The molecule has 0 bridgehead atoms. The first-order chi connectivity index (χ1) is 9.42. The van der Waals surface area contributed by atoms with Crippen molar-refractivity contribution in [1.82, 2.24) is 0 Å². The van der Waals surface area contributed by atoms with Crippen LogP contribution in [0, 0.1) is 6.92 Å². The molecule has 0 unspecified atom stereocenters. The Morgan fingerprint density at radius 2 is 1.90 bits per heavy atom. The van der Waals surface area contributed by atoms with Gasteiger partial charge in [0.05, 0.1) is 0 Å². The quantitative estimate of drug-likeness (QED) is 0.874. The molecule has 1 N–H and O–H groups in total. The molecule has 20 heavy (non-hydrogen) atoms. The molecular formula is C16H16F2O2. The topological polar surface area (TPSA) is 37.3 Å². The molecule has 0 heterocycles. The molecule has 0 saturated carbocycles. The van der Waals surface area contributed by atoms with Gasteiger partial charge in [-0.1, -0.05) is 36.4 Å². The predicted octanol–water partition coefficient (Wildman–Crippen LogP) is 4.49. The van der Waals surface area contributed by atoms with Crippen molar-refractivity contribution in [3.05, 3.63) is 47.5 Å². The van der Waals surface area contributed by atoms with E-state index in [-0.39, 0.29) is 18.4 Å². The molecule has 106 valence electrons. The Bertz CT molecular complexity index is 635. The summed E-state index contributed by atoms with van der Waals surface area (Å²) >= 11 is 0. The lowest BCUT2D eigenvalue weighted by Gasteiger charge is -2.21. The highest BCUT2D eigenvalue weighted by Crippen LogP contribution is 2.39. The van der Waals surface area contributed by atoms with Gasteiger partial charge in [-0.3, -0.25) is 4.79 Å². The predicted molar refractivity (Wildman–Crippen MR) is 74.1 cm³/mol. The van der Waals surface area contributed by atoms with E-state index in [0.29, 0.717) is 10.9 Å². The maximum Gasteiger partial charge on any atom is 0.303 e. The molecular weight excluding hydrogens is 262 g/mol. The van der Waals surface area contributed by atoms with E-state index in [1.165, 1.54) is 0 Å². The summed E-state index contributed by atoms with van der Waals surface area (Å²) in [5, 5.41) is 9.87. The summed E-state index contributed by atoms with van der Waals surface area (Å²) in [7, 11) is 0. The minimum atomic E-state index is -3.01. The molecule has 0 aromatic heterocycles. The lowest BCUT2D eigenvalue weighted by atomic mass is 9.92. The first-order valence-electron chi connectivity index (χ1n) is 6.50. The molecule has 2 aromatic rings. The number of aliphatic carboxylic acids is 1. The standard InChI is InChI=1S/C16H16F2O2/c1-11-8-9-12-5-2-3-6-13(12)15(11)16(17,18)10-4-7-14(19)20/h2-3,5-6,8-9H,4,7,10H2,1H3,(H,19,20). The van der Waals surface area contributed by atoms with Crippen molar-refractivity contribution in [3.8, 4) is 0 Å². The SMILES string of the molecule is Cc1ccc2ccccc2c1C(F)(F)CCCC(=O)O. The summed E-state index contributed by atoms with van der Waals surface area (Å²) in [6.45, 7) is 1.66. The Morgan fingerprint density at radius 3 is 2.60 bits per heavy atom. The molecule has 0 saturated heterocycles. The molecule has 4 heteroatoms. The largest absolute Gasteiger partial charge is 0.481 e. The van der Waals surface area contributed by atoms with Gasteiger partial charge in [0.2, 0.25) is 0 Å². The summed E-state index contributed by atoms with van der Waals surface area (Å²) in [6.07, 6.45) is -0.724. The summed E-state index contributed by atoms with van der Waals surface area (Å²) in [4.78, 5) is 10.5. The van der Waals surface area contributed by atoms with Crippen LogP contribution in [0.4, 0.5) is 8.78 Å². The Hall–Kier alpha value is -1.97. The minimum absolute atomic E-state index is 0.0148. The van der Waals surface area contributed by atoms with Crippen molar-refractivity contribution in [2.24, 2.45) is 0 Å². The van der Waals surface area contributed by atoms with E-state index in [1.807, 2.05) is 12.1 Å². The van der Waals surface area contributed by atoms with Gasteiger partial charge < -0.3 is 5.11 Å². The van der Waals surface area contributed by atoms with Gasteiger partial charge in [0.25, 0.3) is 5.92 Å². The van der Waals surface area contributed by atoms with E-state index in [2.05, 4.69) is 0 Å². The smallest absolute Gasteiger partial charge is 0.303 e. The van der Waals surface area contributed by atoms with Gasteiger partial charge in [-0.15, -0.1) is 0 Å². The number of alkyl halides is 2. The van der Waals surface area contributed by atoms with Crippen molar-refractivity contribution in [1.29, 1.82) is 0 Å². The second-order valence-corrected chi connectivity index (χ2v) is 4.93. The summed E-state index contributed by atoms with van der Waals surface area (Å²) in [6, 6.07) is 10.5. The number of carboxylic acid groups (broad SMARTS) is 1. The number of carbonyl (C=O) groups is 1. The van der Waals surface area contributed by atoms with Gasteiger partial charge in [0, 0.05) is 18.4 Å². The molecule has 2 nitrogen and oxygen atoms in total. The van der Waals surface area contributed by atoms with Crippen LogP contribution in [0.1, 0.15) is 30.4 Å². The lowest BCUT2D eigenvalue weighted by molar-refractivity contribution is -0.137. The number of aryl methyl sites for hydroxylation is 1. The zero-order valence-corrected chi connectivity index (χ0v) is 11.2. The highest BCUT2D eigenvalue weighted by atomic mass is 19.3. The maximum absolute atomic E-state index is 14.4. The third-order valence-corrected chi connectivity index (χ3v) is 3.38. The minimum Gasteiger partial charge on any atom is -0.481 e. The average Bonchev–Trinajstić information content (AvgIpc) is 2.37. The monoisotopic (exact) mass is 278 g/mol. The van der Waals surface area contributed by atoms with Crippen molar-refractivity contribution in [2.45, 2.75) is 32.1 Å². The zero-order chi connectivity index (χ0) is 14.8. The number of halogens is 2. The number of benzene rings is 2. The third kappa shape index (κ3) is 2.95. The van der Waals surface area contributed by atoms with E-state index in [9.17, 15) is 13.6 Å². The van der Waals surface area contributed by atoms with Crippen LogP contribution >= 0.6 is 0 Å². The molecule has 0 atom stereocenters. The third-order valence-electron chi connectivity index (χ3n) is 3.38. The van der Waals surface area contributed by atoms with E-state index in [0.717, 1.165) is 5.39 Å². The fourth-order valence-electron chi connectivity index (χ4n) is 2.45. The highest BCUT2D eigenvalue weighted by molar-refractivity contribution is 5.87. The molecule has 0 amide bonds. The van der Waals surface area contributed by atoms with Gasteiger partial charge in [-0.2, -0.15) is 0 Å². The van der Waals surface area contributed by atoms with Crippen LogP contribution in [0.5, 0.6) is 0 Å². The van der Waals surface area contributed by atoms with E-state index in [4.69, 9.17) is 5.11 Å². The van der Waals surface area contributed by atoms with Crippen LogP contribution in [0.15, 0.2) is 36.4 Å². The van der Waals surface area contributed by atoms with Gasteiger partial charge in [0.15, 0.2) is 0 Å².